The van der Waals surface area contributed by atoms with Crippen LogP contribution in [0.15, 0.2) is 121 Å². The molecule has 10 rings (SSSR count). The predicted molar refractivity (Wildman–Crippen MR) is 344 cm³/mol. The first-order valence-corrected chi connectivity index (χ1v) is 31.0. The Bertz CT molecular complexity index is 3400. The highest BCUT2D eigenvalue weighted by Crippen LogP contribution is 2.40. The molecule has 0 spiro atoms. The Morgan fingerprint density at radius 3 is 1.28 bits per heavy atom. The van der Waals surface area contributed by atoms with E-state index in [1.165, 1.54) is 20.9 Å². The largest absolute Gasteiger partial charge is 0.399 e. The zero-order valence-corrected chi connectivity index (χ0v) is 53.3. The zero-order chi connectivity index (χ0) is 63.4. The van der Waals surface area contributed by atoms with Gasteiger partial charge in [-0.05, 0) is 132 Å². The van der Waals surface area contributed by atoms with E-state index in [1.54, 1.807) is 54.6 Å². The van der Waals surface area contributed by atoms with Gasteiger partial charge in [-0.25, -0.2) is 0 Å². The minimum Gasteiger partial charge on any atom is -0.399 e. The molecule has 4 heterocycles. The smallest absolute Gasteiger partial charge is 0.261 e. The van der Waals surface area contributed by atoms with E-state index in [2.05, 4.69) is 41.3 Å². The Labute approximate surface area is 543 Å². The number of rotatable bonds is 27. The number of hydrogen-bond donors (Lipinski definition) is 2. The summed E-state index contributed by atoms with van der Waals surface area (Å²) in [5.74, 6) is -0.951. The first-order chi connectivity index (χ1) is 43.0. The molecule has 0 bridgehead atoms. The molecule has 2 unspecified atom stereocenters. The van der Waals surface area contributed by atoms with E-state index in [-0.39, 0.29) is 93.7 Å². The summed E-state index contributed by atoms with van der Waals surface area (Å²) in [6, 6.07) is 37.1. The summed E-state index contributed by atoms with van der Waals surface area (Å²) in [5, 5.41) is 5.26. The molecule has 5 amide bonds. The van der Waals surface area contributed by atoms with Gasteiger partial charge < -0.3 is 49.3 Å². The lowest BCUT2D eigenvalue weighted by atomic mass is 9.84. The number of nitrogens with one attached hydrogen (secondary N) is 1. The van der Waals surface area contributed by atoms with Gasteiger partial charge in [-0.1, -0.05) is 94.9 Å². The monoisotopic (exact) mass is 1310 g/mol. The van der Waals surface area contributed by atoms with Crippen LogP contribution in [0.3, 0.4) is 0 Å². The molecule has 472 valence electrons. The Hall–Kier alpha value is -6.33. The van der Waals surface area contributed by atoms with Crippen molar-refractivity contribution in [1.82, 2.24) is 19.6 Å². The molecular weight excluding hydrogens is 1250 g/mol. The lowest BCUT2D eigenvalue weighted by Crippen LogP contribution is -2.33. The van der Waals surface area contributed by atoms with Crippen LogP contribution in [-0.4, -0.2) is 174 Å². The van der Waals surface area contributed by atoms with E-state index in [0.717, 1.165) is 64.8 Å². The number of carbonyl (C=O) groups is 6. The van der Waals surface area contributed by atoms with Crippen LogP contribution in [0.1, 0.15) is 99.5 Å². The number of anilines is 2. The lowest BCUT2D eigenvalue weighted by molar-refractivity contribution is -0.117. The second-order valence-electron chi connectivity index (χ2n) is 21.4. The minimum absolute atomic E-state index is 0.0851. The number of nitrogens with two attached hydrogens (primary N) is 1. The fraction of sp³-hybridized carbons (Fsp3) is 0.364. The number of hydrogen-bond acceptors (Lipinski definition) is 15. The molecule has 18 nitrogen and oxygen atoms in total. The maximum atomic E-state index is 12.5. The highest BCUT2D eigenvalue weighted by molar-refractivity contribution is 6.63. The molecule has 23 heteroatoms. The molecule has 6 aromatic carbocycles. The van der Waals surface area contributed by atoms with Crippen LogP contribution in [0.25, 0.3) is 0 Å². The van der Waals surface area contributed by atoms with Gasteiger partial charge in [0.15, 0.2) is 0 Å². The van der Waals surface area contributed by atoms with Gasteiger partial charge >= 0.3 is 0 Å². The quantitative estimate of drug-likeness (QED) is 0.0213. The average Bonchev–Trinajstić information content (AvgIpc) is 1.27. The summed E-state index contributed by atoms with van der Waals surface area (Å²) in [6.45, 7) is 7.67. The van der Waals surface area contributed by atoms with E-state index in [1.807, 2.05) is 54.6 Å². The van der Waals surface area contributed by atoms with E-state index < -0.39 is 5.24 Å². The van der Waals surface area contributed by atoms with Gasteiger partial charge in [-0.3, -0.25) is 38.6 Å². The highest BCUT2D eigenvalue weighted by atomic mass is 35.5. The minimum atomic E-state index is -0.424. The summed E-state index contributed by atoms with van der Waals surface area (Å²) in [4.78, 5) is 78.9. The van der Waals surface area contributed by atoms with Crippen LogP contribution in [0.2, 0.25) is 20.1 Å². The topological polar surface area (TPSA) is 209 Å². The molecule has 0 saturated carbocycles. The number of likely N-dealkylation sites (N-methyl/N-ethyl adjacent to an activating group) is 2. The maximum absolute atomic E-state index is 12.5. The van der Waals surface area contributed by atoms with Crippen molar-refractivity contribution in [3.63, 3.8) is 0 Å². The predicted octanol–water partition coefficient (Wildman–Crippen LogP) is 10.9. The van der Waals surface area contributed by atoms with Crippen LogP contribution in [0.5, 0.6) is 0 Å². The molecule has 0 aromatic heterocycles. The fourth-order valence-corrected chi connectivity index (χ4v) is 11.9. The SMILES string of the molecule is CN1Cc2c(Cl)cc(Cl)cc2C(c2cccc(N)c2)C1.CN1Cc2c(Cl)cc(Cl)cc2C(c2cccc(NC(=O)CCOCCOCCOCCN3C(=O)c4ccccc4C3=O)c2)C1.O=C(Cl)CCOCCOCCOCCN1C(=O)c2ccccc2C1=O. The summed E-state index contributed by atoms with van der Waals surface area (Å²) in [7, 11) is 4.17. The van der Waals surface area contributed by atoms with Gasteiger partial charge in [0.05, 0.1) is 121 Å². The molecule has 3 N–H and O–H groups in total. The molecule has 0 saturated heterocycles. The maximum Gasteiger partial charge on any atom is 0.261 e. The molecule has 89 heavy (non-hydrogen) atoms. The molecule has 2 atom stereocenters. The molecule has 0 fully saturated rings. The van der Waals surface area contributed by atoms with Crippen LogP contribution >= 0.6 is 58.0 Å². The number of nitrogen functional groups attached to an aromatic ring is 1. The van der Waals surface area contributed by atoms with Crippen molar-refractivity contribution >= 4 is 104 Å². The number of nitrogens with zero attached hydrogens (tertiary/aromatic N) is 4. The number of carbonyl (C=O) groups excluding carboxylic acids is 6. The molecule has 4 aliphatic heterocycles. The van der Waals surface area contributed by atoms with Crippen molar-refractivity contribution in [2.24, 2.45) is 0 Å². The number of halogens is 5. The lowest BCUT2D eigenvalue weighted by Gasteiger charge is -2.33. The van der Waals surface area contributed by atoms with Crippen molar-refractivity contribution in [2.45, 2.75) is 37.8 Å². The highest BCUT2D eigenvalue weighted by Gasteiger charge is 2.36. The number of fused-ring (bicyclic) bond motifs is 4. The number of benzene rings is 6. The first kappa shape index (κ1) is 68.6. The molecule has 6 aromatic rings. The summed E-state index contributed by atoms with van der Waals surface area (Å²) in [6.07, 6.45) is 0.397. The molecule has 4 aliphatic rings. The van der Waals surface area contributed by atoms with Crippen LogP contribution in [0, 0.1) is 0 Å². The van der Waals surface area contributed by atoms with Gasteiger partial charge in [0.25, 0.3) is 23.6 Å². The van der Waals surface area contributed by atoms with E-state index in [4.69, 9.17) is 92.2 Å². The first-order valence-electron chi connectivity index (χ1n) is 29.1. The number of amides is 5. The second kappa shape index (κ2) is 34.2. The van der Waals surface area contributed by atoms with Gasteiger partial charge in [0.2, 0.25) is 11.1 Å². The third-order valence-corrected chi connectivity index (χ3v) is 16.2. The van der Waals surface area contributed by atoms with E-state index in [9.17, 15) is 28.8 Å². The Balaban J connectivity index is 0.000000191. The van der Waals surface area contributed by atoms with Crippen LogP contribution in [-0.2, 0) is 51.1 Å². The van der Waals surface area contributed by atoms with Crippen LogP contribution in [0.4, 0.5) is 11.4 Å². The summed E-state index contributed by atoms with van der Waals surface area (Å²) < 4.78 is 32.4. The van der Waals surface area contributed by atoms with E-state index in [0.29, 0.717) is 90.2 Å². The van der Waals surface area contributed by atoms with Crippen LogP contribution < -0.4 is 11.1 Å². The van der Waals surface area contributed by atoms with Gasteiger partial charge in [0.1, 0.15) is 0 Å². The normalized spacial score (nSPS) is 16.0. The fourth-order valence-electron chi connectivity index (χ4n) is 10.7. The Morgan fingerprint density at radius 1 is 0.483 bits per heavy atom. The average molecular weight is 1320 g/mol. The number of ether oxygens (including phenoxy) is 6. The second-order valence-corrected chi connectivity index (χ2v) is 23.5. The van der Waals surface area contributed by atoms with Crippen molar-refractivity contribution in [3.05, 3.63) is 197 Å². The van der Waals surface area contributed by atoms with Crippen molar-refractivity contribution < 1.29 is 57.2 Å². The third-order valence-electron chi connectivity index (χ3n) is 14.9. The molecular formula is C66H71Cl5N6O12. The van der Waals surface area contributed by atoms with E-state index >= 15 is 0 Å². The van der Waals surface area contributed by atoms with Crippen molar-refractivity contribution in [2.75, 3.05) is 131 Å². The molecule has 0 aliphatic carbocycles. The standard InChI is InChI=1S/C33H35Cl2N3O6.C17H20ClNO6.C16H16Cl2N2/c1-37-20-28(27-18-23(34)19-30(35)29(27)21-37)22-5-4-6-24(17-22)36-31(39)9-11-42-13-15-44-16-14-43-12-10-38-32(40)25-7-2-3-8-26(25)33(38)41;18-15(20)5-7-23-9-11-25-12-10-24-8-6-19-16(21)13-3-1-2-4-14(13)17(19)22;1-20-8-14(10-3-2-4-12(19)5-10)13-6-11(17)7-16(18)15(13)9-20/h2-8,17-19,28H,9-16,20-21H2,1H3,(H,36,39);1-4H,5-12H2;2-7,14H,8-9,19H2,1H3. The Morgan fingerprint density at radius 2 is 0.865 bits per heavy atom. The summed E-state index contributed by atoms with van der Waals surface area (Å²) in [5.41, 5.74) is 16.0. The summed E-state index contributed by atoms with van der Waals surface area (Å²) >= 11 is 30.5. The van der Waals surface area contributed by atoms with Crippen molar-refractivity contribution in [1.29, 1.82) is 0 Å². The third kappa shape index (κ3) is 19.4. The van der Waals surface area contributed by atoms with Crippen molar-refractivity contribution in [3.8, 4) is 0 Å². The zero-order valence-electron chi connectivity index (χ0n) is 49.5. The Kier molecular flexibility index (Phi) is 26.3. The van der Waals surface area contributed by atoms with Gasteiger partial charge in [-0.15, -0.1) is 0 Å². The van der Waals surface area contributed by atoms with Gasteiger partial charge in [0, 0.05) is 75.9 Å². The number of imide groups is 2. The molecule has 0 radical (unpaired) electrons. The van der Waals surface area contributed by atoms with Gasteiger partial charge in [-0.2, -0.15) is 0 Å².